The first-order valence-electron chi connectivity index (χ1n) is 7.28. The Bertz CT molecular complexity index is 734. The number of aromatic nitrogens is 1. The van der Waals surface area contributed by atoms with Gasteiger partial charge >= 0.3 is 0 Å². The number of rotatable bonds is 7. The molecule has 1 aliphatic rings. The van der Waals surface area contributed by atoms with Crippen LogP contribution >= 0.6 is 11.3 Å². The summed E-state index contributed by atoms with van der Waals surface area (Å²) in [7, 11) is -3.43. The highest BCUT2D eigenvalue weighted by Crippen LogP contribution is 2.28. The van der Waals surface area contributed by atoms with Gasteiger partial charge in [-0.3, -0.25) is 0 Å². The van der Waals surface area contributed by atoms with Crippen molar-refractivity contribution in [1.82, 2.24) is 9.71 Å². The van der Waals surface area contributed by atoms with E-state index in [2.05, 4.69) is 34.1 Å². The van der Waals surface area contributed by atoms with Gasteiger partial charge in [0, 0.05) is 22.5 Å². The lowest BCUT2D eigenvalue weighted by molar-refractivity contribution is 0.577. The molecule has 0 aromatic carbocycles. The Kier molecular flexibility index (Phi) is 4.46. The zero-order valence-corrected chi connectivity index (χ0v) is 14.0. The van der Waals surface area contributed by atoms with Crippen LogP contribution in [0.4, 0.5) is 5.82 Å². The van der Waals surface area contributed by atoms with Gasteiger partial charge in [-0.25, -0.2) is 18.1 Å². The van der Waals surface area contributed by atoms with Crippen LogP contribution in [0.3, 0.4) is 0 Å². The van der Waals surface area contributed by atoms with Crippen LogP contribution in [-0.4, -0.2) is 19.9 Å². The molecule has 0 atom stereocenters. The van der Waals surface area contributed by atoms with Gasteiger partial charge in [0.1, 0.15) is 10.7 Å². The summed E-state index contributed by atoms with van der Waals surface area (Å²) in [5.41, 5.74) is 0. The minimum absolute atomic E-state index is 0.214. The number of sulfonamides is 1. The topological polar surface area (TPSA) is 71.1 Å². The first-order chi connectivity index (χ1) is 10.5. The number of hydrogen-bond acceptors (Lipinski definition) is 5. The van der Waals surface area contributed by atoms with Crippen molar-refractivity contribution in [3.63, 3.8) is 0 Å². The quantitative estimate of drug-likeness (QED) is 0.815. The van der Waals surface area contributed by atoms with Crippen LogP contribution in [0.2, 0.25) is 0 Å². The summed E-state index contributed by atoms with van der Waals surface area (Å²) in [6.45, 7) is 3.29. The van der Waals surface area contributed by atoms with Crippen LogP contribution in [0.25, 0.3) is 0 Å². The van der Waals surface area contributed by atoms with Gasteiger partial charge in [0.05, 0.1) is 6.54 Å². The maximum atomic E-state index is 12.1. The molecule has 2 aromatic heterocycles. The summed E-state index contributed by atoms with van der Waals surface area (Å²) in [6.07, 6.45) is 3.63. The largest absolute Gasteiger partial charge is 0.365 e. The van der Waals surface area contributed by atoms with Crippen LogP contribution < -0.4 is 10.0 Å². The highest BCUT2D eigenvalue weighted by molar-refractivity contribution is 7.89. The number of pyridine rings is 1. The van der Waals surface area contributed by atoms with E-state index in [1.807, 2.05) is 0 Å². The molecular formula is C15H19N3O2S2. The van der Waals surface area contributed by atoms with E-state index in [4.69, 9.17) is 0 Å². The molecule has 0 saturated heterocycles. The van der Waals surface area contributed by atoms with Crippen molar-refractivity contribution in [2.45, 2.75) is 31.2 Å². The molecule has 7 heteroatoms. The average molecular weight is 337 g/mol. The van der Waals surface area contributed by atoms with Crippen LogP contribution in [0, 0.1) is 12.8 Å². The third kappa shape index (κ3) is 4.06. The molecule has 1 fully saturated rings. The molecule has 2 aromatic rings. The molecule has 2 heterocycles. The third-order valence-electron chi connectivity index (χ3n) is 3.55. The number of nitrogens with zero attached hydrogens (tertiary/aromatic N) is 1. The molecule has 3 rings (SSSR count). The van der Waals surface area contributed by atoms with E-state index in [0.29, 0.717) is 24.8 Å². The molecular weight excluding hydrogens is 318 g/mol. The first kappa shape index (κ1) is 15.5. The second kappa shape index (κ2) is 6.36. The maximum absolute atomic E-state index is 12.1. The lowest BCUT2D eigenvalue weighted by atomic mass is 10.4. The molecule has 0 radical (unpaired) electrons. The minimum atomic E-state index is -3.43. The van der Waals surface area contributed by atoms with Crippen LogP contribution in [-0.2, 0) is 16.6 Å². The van der Waals surface area contributed by atoms with Gasteiger partial charge in [-0.1, -0.05) is 0 Å². The number of hydrogen-bond donors (Lipinski definition) is 2. The van der Waals surface area contributed by atoms with Crippen molar-refractivity contribution in [3.05, 3.63) is 40.2 Å². The number of anilines is 1. The molecule has 22 heavy (non-hydrogen) atoms. The average Bonchev–Trinajstić information content (AvgIpc) is 3.25. The fraction of sp³-hybridized carbons (Fsp3) is 0.400. The summed E-state index contributed by atoms with van der Waals surface area (Å²) in [4.78, 5) is 6.89. The molecule has 118 valence electrons. The zero-order valence-electron chi connectivity index (χ0n) is 12.4. The number of aryl methyl sites for hydroxylation is 1. The summed E-state index contributed by atoms with van der Waals surface area (Å²) in [5.74, 6) is 1.19. The lowest BCUT2D eigenvalue weighted by Gasteiger charge is -2.07. The lowest BCUT2D eigenvalue weighted by Crippen LogP contribution is -2.25. The SMILES string of the molecule is Cc1ccc(CNc2ccc(S(=O)(=O)NCC3CC3)cn2)s1. The van der Waals surface area contributed by atoms with E-state index >= 15 is 0 Å². The Morgan fingerprint density at radius 2 is 2.09 bits per heavy atom. The van der Waals surface area contributed by atoms with Gasteiger partial charge in [0.2, 0.25) is 10.0 Å². The third-order valence-corrected chi connectivity index (χ3v) is 5.95. The molecule has 0 unspecified atom stereocenters. The Morgan fingerprint density at radius 1 is 1.27 bits per heavy atom. The number of nitrogens with one attached hydrogen (secondary N) is 2. The standard InChI is InChI=1S/C15H19N3O2S2/c1-11-2-5-13(21-11)9-16-15-7-6-14(10-17-15)22(19,20)18-8-12-3-4-12/h2,5-7,10,12,18H,3-4,8-9H2,1H3,(H,16,17). The number of thiophene rings is 1. The van der Waals surface area contributed by atoms with Crippen LogP contribution in [0.5, 0.6) is 0 Å². The maximum Gasteiger partial charge on any atom is 0.242 e. The monoisotopic (exact) mass is 337 g/mol. The summed E-state index contributed by atoms with van der Waals surface area (Å²) < 4.78 is 26.8. The fourth-order valence-electron chi connectivity index (χ4n) is 2.03. The predicted octanol–water partition coefficient (Wildman–Crippen LogP) is 2.75. The van der Waals surface area contributed by atoms with E-state index in [1.54, 1.807) is 23.5 Å². The van der Waals surface area contributed by atoms with E-state index in [-0.39, 0.29) is 4.90 Å². The van der Waals surface area contributed by atoms with Gasteiger partial charge in [0.15, 0.2) is 0 Å². The normalized spacial score (nSPS) is 15.0. The van der Waals surface area contributed by atoms with Gasteiger partial charge < -0.3 is 5.32 Å². The van der Waals surface area contributed by atoms with Crippen molar-refractivity contribution < 1.29 is 8.42 Å². The van der Waals surface area contributed by atoms with Gasteiger partial charge in [0.25, 0.3) is 0 Å². The Labute approximate surface area is 134 Å². The van der Waals surface area contributed by atoms with Gasteiger partial charge in [-0.05, 0) is 49.9 Å². The van der Waals surface area contributed by atoms with Crippen molar-refractivity contribution in [3.8, 4) is 0 Å². The minimum Gasteiger partial charge on any atom is -0.365 e. The van der Waals surface area contributed by atoms with Crippen LogP contribution in [0.1, 0.15) is 22.6 Å². The van der Waals surface area contributed by atoms with E-state index in [0.717, 1.165) is 12.8 Å². The van der Waals surface area contributed by atoms with E-state index in [9.17, 15) is 8.42 Å². The van der Waals surface area contributed by atoms with E-state index in [1.165, 1.54) is 16.0 Å². The summed E-state index contributed by atoms with van der Waals surface area (Å²) in [5, 5.41) is 3.20. The highest BCUT2D eigenvalue weighted by atomic mass is 32.2. The van der Waals surface area contributed by atoms with Crippen molar-refractivity contribution in [1.29, 1.82) is 0 Å². The van der Waals surface area contributed by atoms with Gasteiger partial charge in [-0.2, -0.15) is 0 Å². The Morgan fingerprint density at radius 3 is 2.68 bits per heavy atom. The smallest absolute Gasteiger partial charge is 0.242 e. The van der Waals surface area contributed by atoms with Crippen molar-refractivity contribution in [2.75, 3.05) is 11.9 Å². The molecule has 1 aliphatic carbocycles. The fourth-order valence-corrected chi connectivity index (χ4v) is 3.93. The second-order valence-corrected chi connectivity index (χ2v) is 8.68. The first-order valence-corrected chi connectivity index (χ1v) is 9.58. The second-order valence-electron chi connectivity index (χ2n) is 5.54. The van der Waals surface area contributed by atoms with E-state index < -0.39 is 10.0 Å². The Balaban J connectivity index is 1.59. The zero-order chi connectivity index (χ0) is 15.6. The Hall–Kier alpha value is -1.44. The molecule has 1 saturated carbocycles. The molecule has 0 aliphatic heterocycles. The summed E-state index contributed by atoms with van der Waals surface area (Å²) >= 11 is 1.73. The molecule has 0 bridgehead atoms. The molecule has 0 amide bonds. The highest BCUT2D eigenvalue weighted by Gasteiger charge is 2.24. The van der Waals surface area contributed by atoms with Crippen LogP contribution in [0.15, 0.2) is 35.4 Å². The van der Waals surface area contributed by atoms with Gasteiger partial charge in [-0.15, -0.1) is 11.3 Å². The molecule has 0 spiro atoms. The van der Waals surface area contributed by atoms with Crippen molar-refractivity contribution >= 4 is 27.2 Å². The predicted molar refractivity (Wildman–Crippen MR) is 88.5 cm³/mol. The summed E-state index contributed by atoms with van der Waals surface area (Å²) in [6, 6.07) is 7.44. The van der Waals surface area contributed by atoms with Crippen molar-refractivity contribution in [2.24, 2.45) is 5.92 Å². The molecule has 2 N–H and O–H groups in total. The molecule has 5 nitrogen and oxygen atoms in total.